The summed E-state index contributed by atoms with van der Waals surface area (Å²) >= 11 is 0. The standard InChI is InChI=1S/C11H15NO3.C10H14N2O3.C9H12N2O3.N2.2H3N/c1-8(11(14)15-2)5-9-3-4-10(7-13)12-6-9;1-15-10(14)9(11)4-7-2-3-8(6-13)12-5-7;10-8(9(13)14)3-6-1-2-7(5-12)11-4-6;1-2;;/h3-4,6,8,13H,5,7H2,1-2H3;2-3,5,9,13H,4,6,11H2,1H3;1-2,4,8,12H,3,5,10H2,(H,13,14);;2*1H3/t8-;9-;8-;;;/m000.../s1. The smallest absolute Gasteiger partial charge is 0.322 e. The Labute approximate surface area is 278 Å². The number of aliphatic hydroxyl groups is 3. The summed E-state index contributed by atoms with van der Waals surface area (Å²) in [5.41, 5.74) is 15.2. The normalized spacial score (nSPS) is 11.3. The van der Waals surface area contributed by atoms with Gasteiger partial charge < -0.3 is 53.7 Å². The van der Waals surface area contributed by atoms with Crippen LogP contribution in [0.4, 0.5) is 0 Å². The van der Waals surface area contributed by atoms with E-state index in [1.165, 1.54) is 20.4 Å². The number of ether oxygens (including phenoxy) is 2. The number of nitrogens with two attached hydrogens (primary N) is 2. The fourth-order valence-electron chi connectivity index (χ4n) is 3.48. The molecular weight excluding hydrogens is 630 g/mol. The van der Waals surface area contributed by atoms with Gasteiger partial charge in [0.25, 0.3) is 0 Å². The Balaban J connectivity index is -0.000000604. The fourth-order valence-corrected chi connectivity index (χ4v) is 3.48. The molecule has 0 aliphatic heterocycles. The second-order valence-corrected chi connectivity index (χ2v) is 9.56. The van der Waals surface area contributed by atoms with E-state index in [2.05, 4.69) is 24.4 Å². The molecular formula is C30H47N9O9. The van der Waals surface area contributed by atoms with Crippen molar-refractivity contribution in [1.82, 2.24) is 27.3 Å². The highest BCUT2D eigenvalue weighted by molar-refractivity contribution is 5.75. The van der Waals surface area contributed by atoms with Crippen LogP contribution in [-0.4, -0.2) is 79.6 Å². The van der Waals surface area contributed by atoms with Crippen molar-refractivity contribution in [3.63, 3.8) is 0 Å². The third kappa shape index (κ3) is 18.8. The van der Waals surface area contributed by atoms with Crippen LogP contribution in [0.1, 0.15) is 40.7 Å². The molecule has 3 aromatic rings. The molecule has 0 saturated carbocycles. The number of methoxy groups -OCH3 is 2. The molecule has 0 radical (unpaired) electrons. The summed E-state index contributed by atoms with van der Waals surface area (Å²) in [7, 11) is 2.68. The van der Waals surface area contributed by atoms with Crippen molar-refractivity contribution in [3.05, 3.63) is 88.8 Å². The maximum absolute atomic E-state index is 11.2. The van der Waals surface area contributed by atoms with Gasteiger partial charge in [0, 0.05) is 29.4 Å². The van der Waals surface area contributed by atoms with E-state index in [0.717, 1.165) is 16.7 Å². The Hall–Kier alpha value is -5.00. The van der Waals surface area contributed by atoms with Gasteiger partial charge in [0.1, 0.15) is 12.1 Å². The summed E-state index contributed by atoms with van der Waals surface area (Å²) in [4.78, 5) is 44.6. The molecule has 0 aromatic carbocycles. The molecule has 0 bridgehead atoms. The van der Waals surface area contributed by atoms with Crippen LogP contribution in [0.2, 0.25) is 0 Å². The number of aromatic nitrogens is 3. The number of aliphatic hydroxyl groups excluding tert-OH is 3. The Morgan fingerprint density at radius 2 is 1.00 bits per heavy atom. The van der Waals surface area contributed by atoms with E-state index in [-0.39, 0.29) is 50.4 Å². The molecule has 3 atom stereocenters. The first kappa shape index (κ1) is 47.4. The second kappa shape index (κ2) is 27.1. The molecule has 18 nitrogen and oxygen atoms in total. The Morgan fingerprint density at radius 1 is 0.667 bits per heavy atom. The maximum atomic E-state index is 11.2. The van der Waals surface area contributed by atoms with Gasteiger partial charge >= 0.3 is 17.9 Å². The number of carbonyl (C=O) groups is 3. The highest BCUT2D eigenvalue weighted by atomic mass is 16.5. The molecule has 0 unspecified atom stereocenters. The summed E-state index contributed by atoms with van der Waals surface area (Å²) in [6.07, 6.45) is 6.01. The van der Waals surface area contributed by atoms with Gasteiger partial charge in [0.15, 0.2) is 0 Å². The number of rotatable bonds is 12. The zero-order valence-corrected chi connectivity index (χ0v) is 27.3. The minimum absolute atomic E-state index is 0. The average molecular weight is 678 g/mol. The third-order valence-electron chi connectivity index (χ3n) is 6.02. The lowest BCUT2D eigenvalue weighted by Gasteiger charge is -2.08. The highest BCUT2D eigenvalue weighted by Gasteiger charge is 2.15. The molecule has 0 fully saturated rings. The number of pyridine rings is 3. The van der Waals surface area contributed by atoms with Crippen LogP contribution < -0.4 is 23.8 Å². The molecule has 14 N–H and O–H groups in total. The topological polar surface area (TPSA) is 359 Å². The fraction of sp³-hybridized carbons (Fsp3) is 0.400. The van der Waals surface area contributed by atoms with E-state index in [1.807, 2.05) is 13.0 Å². The van der Waals surface area contributed by atoms with Gasteiger partial charge in [0.2, 0.25) is 0 Å². The zero-order valence-electron chi connectivity index (χ0n) is 27.3. The van der Waals surface area contributed by atoms with Crippen molar-refractivity contribution in [1.29, 1.82) is 10.8 Å². The molecule has 3 rings (SSSR count). The molecule has 0 spiro atoms. The molecule has 0 aliphatic carbocycles. The summed E-state index contributed by atoms with van der Waals surface area (Å²) in [5, 5.41) is 46.9. The van der Waals surface area contributed by atoms with Crippen LogP contribution in [0.25, 0.3) is 0 Å². The molecule has 3 aromatic heterocycles. The summed E-state index contributed by atoms with van der Waals surface area (Å²) in [5.74, 6) is -1.87. The summed E-state index contributed by atoms with van der Waals surface area (Å²) in [6.45, 7) is 1.53. The molecule has 3 heterocycles. The van der Waals surface area contributed by atoms with Crippen molar-refractivity contribution in [3.8, 4) is 0 Å². The average Bonchev–Trinajstić information content (AvgIpc) is 3.09. The first-order valence-corrected chi connectivity index (χ1v) is 13.7. The van der Waals surface area contributed by atoms with E-state index >= 15 is 0 Å². The van der Waals surface area contributed by atoms with Crippen LogP contribution in [0.15, 0.2) is 55.0 Å². The van der Waals surface area contributed by atoms with Crippen LogP contribution >= 0.6 is 0 Å². The molecule has 0 aliphatic rings. The van der Waals surface area contributed by atoms with Gasteiger partial charge in [-0.25, -0.2) is 0 Å². The Morgan fingerprint density at radius 3 is 1.27 bits per heavy atom. The number of carboxylic acids is 1. The molecule has 266 valence electrons. The molecule has 18 heteroatoms. The van der Waals surface area contributed by atoms with E-state index in [1.54, 1.807) is 42.7 Å². The van der Waals surface area contributed by atoms with E-state index in [0.29, 0.717) is 29.9 Å². The number of nitrogens with zero attached hydrogens (tertiary/aromatic N) is 5. The quantitative estimate of drug-likeness (QED) is 0.0950. The van der Waals surface area contributed by atoms with Crippen LogP contribution in [0.5, 0.6) is 0 Å². The highest BCUT2D eigenvalue weighted by Crippen LogP contribution is 2.10. The van der Waals surface area contributed by atoms with Crippen molar-refractivity contribution >= 4 is 17.9 Å². The van der Waals surface area contributed by atoms with Crippen LogP contribution in [0.3, 0.4) is 0 Å². The van der Waals surface area contributed by atoms with Gasteiger partial charge in [-0.2, -0.15) is 0 Å². The Bertz CT molecular complexity index is 1260. The van der Waals surface area contributed by atoms with Crippen molar-refractivity contribution < 1.29 is 44.3 Å². The summed E-state index contributed by atoms with van der Waals surface area (Å²) < 4.78 is 9.13. The largest absolute Gasteiger partial charge is 0.480 e. The third-order valence-corrected chi connectivity index (χ3v) is 6.02. The monoisotopic (exact) mass is 677 g/mol. The first-order valence-electron chi connectivity index (χ1n) is 13.7. The number of hydrogen-bond donors (Lipinski definition) is 8. The van der Waals surface area contributed by atoms with E-state index < -0.39 is 24.0 Å². The van der Waals surface area contributed by atoms with Crippen LogP contribution in [-0.2, 0) is 62.9 Å². The molecule has 0 saturated heterocycles. The number of hydrogen-bond acceptors (Lipinski definition) is 17. The number of carbonyl (C=O) groups excluding carboxylic acids is 2. The number of aliphatic carboxylic acids is 1. The number of carboxylic acid groups (broad SMARTS) is 1. The lowest BCUT2D eigenvalue weighted by Crippen LogP contribution is -2.33. The van der Waals surface area contributed by atoms with Crippen molar-refractivity contribution in [2.45, 2.75) is 58.1 Å². The van der Waals surface area contributed by atoms with Crippen molar-refractivity contribution in [2.75, 3.05) is 14.2 Å². The minimum Gasteiger partial charge on any atom is -0.480 e. The van der Waals surface area contributed by atoms with Gasteiger partial charge in [-0.05, 0) is 54.2 Å². The minimum atomic E-state index is -1.03. The molecule has 48 heavy (non-hydrogen) atoms. The van der Waals surface area contributed by atoms with Gasteiger partial charge in [-0.3, -0.25) is 29.3 Å². The first-order chi connectivity index (χ1) is 22.0. The van der Waals surface area contributed by atoms with E-state index in [4.69, 9.17) is 42.7 Å². The lowest BCUT2D eigenvalue weighted by atomic mass is 10.0. The van der Waals surface area contributed by atoms with Gasteiger partial charge in [-0.1, -0.05) is 25.1 Å². The van der Waals surface area contributed by atoms with Gasteiger partial charge in [-0.15, -0.1) is 0 Å². The van der Waals surface area contributed by atoms with Gasteiger partial charge in [0.05, 0.1) is 57.0 Å². The predicted molar refractivity (Wildman–Crippen MR) is 172 cm³/mol. The SMILES string of the molecule is COC(=O)[C@@H](C)Cc1ccc(CO)nc1.COC(=O)[C@@H](N)Cc1ccc(CO)nc1.N.N.N#N.N[C@@H](Cc1ccc(CO)nc1)C(=O)O. The predicted octanol–water partition coefficient (Wildman–Crippen LogP) is 0.425. The maximum Gasteiger partial charge on any atom is 0.322 e. The van der Waals surface area contributed by atoms with Crippen LogP contribution in [0, 0.1) is 16.7 Å². The second-order valence-electron chi connectivity index (χ2n) is 9.56. The summed E-state index contributed by atoms with van der Waals surface area (Å²) in [6, 6.07) is 8.86. The lowest BCUT2D eigenvalue weighted by molar-refractivity contribution is -0.145. The molecule has 0 amide bonds. The van der Waals surface area contributed by atoms with Crippen molar-refractivity contribution in [2.24, 2.45) is 17.4 Å². The zero-order chi connectivity index (χ0) is 35.1. The number of esters is 2. The Kier molecular flexibility index (Phi) is 26.8. The van der Waals surface area contributed by atoms with E-state index in [9.17, 15) is 14.4 Å².